The maximum atomic E-state index is 11.8. The van der Waals surface area contributed by atoms with Crippen LogP contribution in [0, 0.1) is 13.8 Å². The van der Waals surface area contributed by atoms with Crippen molar-refractivity contribution in [2.24, 2.45) is 7.05 Å². The number of imide groups is 1. The normalized spacial score (nSPS) is 12.1. The molecule has 0 fully saturated rings. The Labute approximate surface area is 119 Å². The lowest BCUT2D eigenvalue weighted by Gasteiger charge is -2.13. The van der Waals surface area contributed by atoms with E-state index in [2.05, 4.69) is 21.0 Å². The molecule has 0 aliphatic carbocycles. The molecule has 1 atom stereocenters. The third-order valence-electron chi connectivity index (χ3n) is 3.21. The van der Waals surface area contributed by atoms with Gasteiger partial charge in [-0.25, -0.2) is 4.79 Å². The summed E-state index contributed by atoms with van der Waals surface area (Å²) in [6, 6.07) is -0.934. The van der Waals surface area contributed by atoms with E-state index in [1.165, 1.54) is 0 Å². The van der Waals surface area contributed by atoms with Gasteiger partial charge in [0.15, 0.2) is 0 Å². The molecule has 0 radical (unpaired) electrons. The summed E-state index contributed by atoms with van der Waals surface area (Å²) in [6.07, 6.45) is 0. The van der Waals surface area contributed by atoms with E-state index in [0.29, 0.717) is 13.1 Å². The third-order valence-corrected chi connectivity index (χ3v) is 3.21. The van der Waals surface area contributed by atoms with E-state index in [4.69, 9.17) is 0 Å². The number of nitrogens with zero attached hydrogens (tertiary/aromatic N) is 2. The van der Waals surface area contributed by atoms with Crippen molar-refractivity contribution in [2.75, 3.05) is 6.54 Å². The molecule has 0 spiro atoms. The van der Waals surface area contributed by atoms with E-state index < -0.39 is 12.1 Å². The van der Waals surface area contributed by atoms with E-state index in [-0.39, 0.29) is 5.91 Å². The summed E-state index contributed by atoms with van der Waals surface area (Å²) in [5, 5.41) is 12.2. The molecular weight excluding hydrogens is 258 g/mol. The number of urea groups is 1. The van der Waals surface area contributed by atoms with Crippen LogP contribution in [0.5, 0.6) is 0 Å². The van der Waals surface area contributed by atoms with Crippen molar-refractivity contribution in [1.82, 2.24) is 25.7 Å². The topological polar surface area (TPSA) is 88.1 Å². The van der Waals surface area contributed by atoms with Crippen LogP contribution >= 0.6 is 0 Å². The largest absolute Gasteiger partial charge is 0.338 e. The third kappa shape index (κ3) is 4.06. The molecule has 1 aromatic heterocycles. The molecule has 0 aliphatic rings. The van der Waals surface area contributed by atoms with Gasteiger partial charge in [-0.05, 0) is 27.7 Å². The number of carbonyl (C=O) groups is 2. The quantitative estimate of drug-likeness (QED) is 0.727. The maximum Gasteiger partial charge on any atom is 0.321 e. The van der Waals surface area contributed by atoms with E-state index in [1.807, 2.05) is 25.6 Å². The highest BCUT2D eigenvalue weighted by atomic mass is 16.2. The number of amides is 3. The second-order valence-corrected chi connectivity index (χ2v) is 4.72. The zero-order valence-electron chi connectivity index (χ0n) is 12.7. The highest BCUT2D eigenvalue weighted by molar-refractivity contribution is 5.96. The fourth-order valence-electron chi connectivity index (χ4n) is 1.85. The first kappa shape index (κ1) is 16.2. The van der Waals surface area contributed by atoms with Gasteiger partial charge in [0, 0.05) is 31.4 Å². The molecule has 1 aromatic rings. The van der Waals surface area contributed by atoms with Crippen LogP contribution in [0.2, 0.25) is 0 Å². The van der Waals surface area contributed by atoms with Gasteiger partial charge in [0.05, 0.1) is 11.7 Å². The SMILES string of the molecule is CCNC(=O)NC(=O)C(C)NCc1c(C)nn(C)c1C. The Kier molecular flexibility index (Phi) is 5.69. The summed E-state index contributed by atoms with van der Waals surface area (Å²) in [5.74, 6) is -0.352. The van der Waals surface area contributed by atoms with Gasteiger partial charge in [-0.15, -0.1) is 0 Å². The molecule has 1 heterocycles. The van der Waals surface area contributed by atoms with Crippen LogP contribution in [0.25, 0.3) is 0 Å². The van der Waals surface area contributed by atoms with Crippen LogP contribution in [0.4, 0.5) is 4.79 Å². The summed E-state index contributed by atoms with van der Waals surface area (Å²) in [5.41, 5.74) is 3.07. The zero-order chi connectivity index (χ0) is 15.3. The van der Waals surface area contributed by atoms with Crippen molar-refractivity contribution < 1.29 is 9.59 Å². The summed E-state index contributed by atoms with van der Waals surface area (Å²) in [6.45, 7) is 8.44. The van der Waals surface area contributed by atoms with Crippen LogP contribution in [0.3, 0.4) is 0 Å². The minimum absolute atomic E-state index is 0.352. The lowest BCUT2D eigenvalue weighted by molar-refractivity contribution is -0.121. The first-order valence-corrected chi connectivity index (χ1v) is 6.68. The van der Waals surface area contributed by atoms with Crippen LogP contribution < -0.4 is 16.0 Å². The second-order valence-electron chi connectivity index (χ2n) is 4.72. The predicted molar refractivity (Wildman–Crippen MR) is 76.2 cm³/mol. The highest BCUT2D eigenvalue weighted by Crippen LogP contribution is 2.11. The fraction of sp³-hybridized carbons (Fsp3) is 0.615. The van der Waals surface area contributed by atoms with Gasteiger partial charge in [0.1, 0.15) is 0 Å². The molecule has 7 heteroatoms. The Balaban J connectivity index is 2.52. The minimum Gasteiger partial charge on any atom is -0.338 e. The Morgan fingerprint density at radius 3 is 2.50 bits per heavy atom. The van der Waals surface area contributed by atoms with Gasteiger partial charge < -0.3 is 10.6 Å². The average Bonchev–Trinajstić information content (AvgIpc) is 2.61. The van der Waals surface area contributed by atoms with E-state index in [0.717, 1.165) is 17.0 Å². The molecule has 1 unspecified atom stereocenters. The summed E-state index contributed by atoms with van der Waals surface area (Å²) in [4.78, 5) is 23.0. The zero-order valence-corrected chi connectivity index (χ0v) is 12.7. The van der Waals surface area contributed by atoms with Crippen LogP contribution in [-0.4, -0.2) is 34.3 Å². The Hall–Kier alpha value is -1.89. The fourth-order valence-corrected chi connectivity index (χ4v) is 1.85. The number of hydrogen-bond acceptors (Lipinski definition) is 4. The van der Waals surface area contributed by atoms with Crippen LogP contribution in [-0.2, 0) is 18.4 Å². The van der Waals surface area contributed by atoms with Gasteiger partial charge >= 0.3 is 6.03 Å². The van der Waals surface area contributed by atoms with Crippen LogP contribution in [0.1, 0.15) is 30.8 Å². The Morgan fingerprint density at radius 2 is 2.00 bits per heavy atom. The molecule has 0 aliphatic heterocycles. The molecule has 0 bridgehead atoms. The smallest absolute Gasteiger partial charge is 0.321 e. The van der Waals surface area contributed by atoms with E-state index in [9.17, 15) is 9.59 Å². The van der Waals surface area contributed by atoms with E-state index >= 15 is 0 Å². The average molecular weight is 281 g/mol. The monoisotopic (exact) mass is 281 g/mol. The Morgan fingerprint density at radius 1 is 1.35 bits per heavy atom. The molecule has 0 saturated carbocycles. The first-order valence-electron chi connectivity index (χ1n) is 6.68. The first-order chi connectivity index (χ1) is 9.36. The van der Waals surface area contributed by atoms with Gasteiger partial charge in [0.25, 0.3) is 0 Å². The molecule has 1 rings (SSSR count). The second kappa shape index (κ2) is 7.04. The number of carbonyl (C=O) groups excluding carboxylic acids is 2. The molecule has 20 heavy (non-hydrogen) atoms. The van der Waals surface area contributed by atoms with Crippen LogP contribution in [0.15, 0.2) is 0 Å². The van der Waals surface area contributed by atoms with Gasteiger partial charge in [-0.2, -0.15) is 5.10 Å². The molecule has 7 nitrogen and oxygen atoms in total. The van der Waals surface area contributed by atoms with Gasteiger partial charge in [0.2, 0.25) is 5.91 Å². The van der Waals surface area contributed by atoms with E-state index in [1.54, 1.807) is 13.8 Å². The van der Waals surface area contributed by atoms with Crippen molar-refractivity contribution in [3.05, 3.63) is 17.0 Å². The van der Waals surface area contributed by atoms with Crippen molar-refractivity contribution in [3.63, 3.8) is 0 Å². The minimum atomic E-state index is -0.472. The summed E-state index contributed by atoms with van der Waals surface area (Å²) in [7, 11) is 1.89. The van der Waals surface area contributed by atoms with Crippen molar-refractivity contribution in [2.45, 2.75) is 40.3 Å². The molecule has 0 saturated heterocycles. The lowest BCUT2D eigenvalue weighted by Crippen LogP contribution is -2.47. The number of rotatable bonds is 5. The molecular formula is C13H23N5O2. The number of aromatic nitrogens is 2. The molecule has 0 aromatic carbocycles. The van der Waals surface area contributed by atoms with Gasteiger partial charge in [-0.3, -0.25) is 14.8 Å². The molecule has 3 N–H and O–H groups in total. The lowest BCUT2D eigenvalue weighted by atomic mass is 10.2. The number of hydrogen-bond donors (Lipinski definition) is 3. The summed E-state index contributed by atoms with van der Waals surface area (Å²) >= 11 is 0. The van der Waals surface area contributed by atoms with Crippen molar-refractivity contribution >= 4 is 11.9 Å². The summed E-state index contributed by atoms with van der Waals surface area (Å²) < 4.78 is 1.81. The number of aryl methyl sites for hydroxylation is 2. The highest BCUT2D eigenvalue weighted by Gasteiger charge is 2.16. The molecule has 112 valence electrons. The van der Waals surface area contributed by atoms with Crippen molar-refractivity contribution in [3.8, 4) is 0 Å². The predicted octanol–water partition coefficient (Wildman–Crippen LogP) is 0.361. The van der Waals surface area contributed by atoms with Crippen molar-refractivity contribution in [1.29, 1.82) is 0 Å². The maximum absolute atomic E-state index is 11.8. The van der Waals surface area contributed by atoms with Gasteiger partial charge in [-0.1, -0.05) is 0 Å². The molecule has 3 amide bonds. The number of nitrogens with one attached hydrogen (secondary N) is 3. The Bertz CT molecular complexity index is 495. The standard InChI is InChI=1S/C13H23N5O2/c1-6-14-13(20)16-12(19)9(3)15-7-11-8(2)17-18(5)10(11)4/h9,15H,6-7H2,1-5H3,(H2,14,16,19,20).